The Balaban J connectivity index is 1.80. The Bertz CT molecular complexity index is 227. The van der Waals surface area contributed by atoms with Crippen molar-refractivity contribution >= 4 is 0 Å². The van der Waals surface area contributed by atoms with E-state index in [-0.39, 0.29) is 13.3 Å². The van der Waals surface area contributed by atoms with Gasteiger partial charge in [-0.2, -0.15) is 0 Å². The number of hydrogen-bond acceptors (Lipinski definition) is 3. The molecule has 100 valence electrons. The van der Waals surface area contributed by atoms with Crippen LogP contribution in [0.25, 0.3) is 0 Å². The van der Waals surface area contributed by atoms with Gasteiger partial charge in [0.15, 0.2) is 0 Å². The smallest absolute Gasteiger partial charge is 0.0906 e. The molecule has 2 aliphatic heterocycles. The molecule has 2 unspecified atom stereocenters. The molecule has 4 heteroatoms. The molecule has 0 bridgehead atoms. The Morgan fingerprint density at radius 1 is 1.06 bits per heavy atom. The first-order valence-electron chi connectivity index (χ1n) is 7.00. The molecule has 2 saturated heterocycles. The average Bonchev–Trinajstić information content (AvgIpc) is 2.96. The van der Waals surface area contributed by atoms with Gasteiger partial charge in [-0.05, 0) is 45.2 Å². The molecule has 0 aromatic rings. The minimum absolute atomic E-state index is 0.202. The molecular weight excluding hydrogens is 219 g/mol. The van der Waals surface area contributed by atoms with E-state index in [9.17, 15) is 9.50 Å². The molecule has 0 amide bonds. The predicted octanol–water partition coefficient (Wildman–Crippen LogP) is 1.27. The fraction of sp³-hybridized carbons (Fsp3) is 1.00. The SMILES string of the molecule is OCC1CCCN1CC1CCCN1CCCF. The summed E-state index contributed by atoms with van der Waals surface area (Å²) in [7, 11) is 0. The lowest BCUT2D eigenvalue weighted by atomic mass is 10.2. The predicted molar refractivity (Wildman–Crippen MR) is 66.9 cm³/mol. The van der Waals surface area contributed by atoms with Gasteiger partial charge in [0.1, 0.15) is 0 Å². The van der Waals surface area contributed by atoms with E-state index in [0.717, 1.165) is 32.6 Å². The lowest BCUT2D eigenvalue weighted by molar-refractivity contribution is 0.121. The van der Waals surface area contributed by atoms with Crippen LogP contribution in [0.3, 0.4) is 0 Å². The van der Waals surface area contributed by atoms with Gasteiger partial charge in [0, 0.05) is 25.2 Å². The molecule has 2 rings (SSSR count). The van der Waals surface area contributed by atoms with E-state index in [1.54, 1.807) is 0 Å². The molecule has 0 spiro atoms. The van der Waals surface area contributed by atoms with Crippen LogP contribution in [0.5, 0.6) is 0 Å². The zero-order chi connectivity index (χ0) is 12.1. The van der Waals surface area contributed by atoms with Gasteiger partial charge in [-0.25, -0.2) is 0 Å². The van der Waals surface area contributed by atoms with Crippen LogP contribution < -0.4 is 0 Å². The van der Waals surface area contributed by atoms with Crippen molar-refractivity contribution in [3.05, 3.63) is 0 Å². The molecule has 0 aliphatic carbocycles. The second-order valence-corrected chi connectivity index (χ2v) is 5.35. The van der Waals surface area contributed by atoms with Crippen molar-refractivity contribution in [1.29, 1.82) is 0 Å². The van der Waals surface area contributed by atoms with Gasteiger partial charge >= 0.3 is 0 Å². The van der Waals surface area contributed by atoms with Crippen molar-refractivity contribution in [2.24, 2.45) is 0 Å². The monoisotopic (exact) mass is 244 g/mol. The second-order valence-electron chi connectivity index (χ2n) is 5.35. The Morgan fingerprint density at radius 2 is 1.76 bits per heavy atom. The van der Waals surface area contributed by atoms with Gasteiger partial charge in [0.25, 0.3) is 0 Å². The fourth-order valence-electron chi connectivity index (χ4n) is 3.27. The zero-order valence-electron chi connectivity index (χ0n) is 10.7. The molecule has 17 heavy (non-hydrogen) atoms. The van der Waals surface area contributed by atoms with Crippen molar-refractivity contribution < 1.29 is 9.50 Å². The van der Waals surface area contributed by atoms with Crippen LogP contribution in [-0.2, 0) is 0 Å². The summed E-state index contributed by atoms with van der Waals surface area (Å²) in [6.07, 6.45) is 5.49. The number of likely N-dealkylation sites (tertiary alicyclic amines) is 2. The summed E-state index contributed by atoms with van der Waals surface area (Å²) in [6.45, 7) is 4.31. The standard InChI is InChI=1S/C13H25FN2O/c14-6-3-9-15-7-1-4-12(15)10-16-8-2-5-13(16)11-17/h12-13,17H,1-11H2. The number of rotatable bonds is 6. The highest BCUT2D eigenvalue weighted by molar-refractivity contribution is 4.86. The summed E-state index contributed by atoms with van der Waals surface area (Å²) in [4.78, 5) is 4.87. The first-order valence-corrected chi connectivity index (χ1v) is 7.00. The van der Waals surface area contributed by atoms with Crippen LogP contribution in [0, 0.1) is 0 Å². The van der Waals surface area contributed by atoms with E-state index in [1.807, 2.05) is 0 Å². The van der Waals surface area contributed by atoms with E-state index >= 15 is 0 Å². The van der Waals surface area contributed by atoms with Crippen molar-refractivity contribution in [3.8, 4) is 0 Å². The van der Waals surface area contributed by atoms with Crippen LogP contribution in [0.15, 0.2) is 0 Å². The lowest BCUT2D eigenvalue weighted by Crippen LogP contribution is -2.43. The van der Waals surface area contributed by atoms with Gasteiger partial charge in [0.2, 0.25) is 0 Å². The first kappa shape index (κ1) is 13.2. The summed E-state index contributed by atoms with van der Waals surface area (Å²) in [5, 5.41) is 9.31. The van der Waals surface area contributed by atoms with Gasteiger partial charge in [-0.1, -0.05) is 0 Å². The van der Waals surface area contributed by atoms with Gasteiger partial charge in [0.05, 0.1) is 13.3 Å². The highest BCUT2D eigenvalue weighted by Crippen LogP contribution is 2.23. The van der Waals surface area contributed by atoms with Crippen LogP contribution in [0.4, 0.5) is 4.39 Å². The number of aliphatic hydroxyl groups excluding tert-OH is 1. The molecular formula is C13H25FN2O. The molecule has 3 nitrogen and oxygen atoms in total. The Labute approximate surface area is 104 Å². The second kappa shape index (κ2) is 6.66. The molecule has 0 radical (unpaired) electrons. The van der Waals surface area contributed by atoms with Crippen LogP contribution in [0.2, 0.25) is 0 Å². The summed E-state index contributed by atoms with van der Waals surface area (Å²) >= 11 is 0. The third kappa shape index (κ3) is 3.39. The molecule has 0 aromatic heterocycles. The van der Waals surface area contributed by atoms with E-state index in [0.29, 0.717) is 18.5 Å². The number of nitrogens with zero attached hydrogens (tertiary/aromatic N) is 2. The summed E-state index contributed by atoms with van der Waals surface area (Å²) in [5.41, 5.74) is 0. The van der Waals surface area contributed by atoms with Crippen LogP contribution in [0.1, 0.15) is 32.1 Å². The topological polar surface area (TPSA) is 26.7 Å². The molecule has 1 N–H and O–H groups in total. The average molecular weight is 244 g/mol. The van der Waals surface area contributed by atoms with Crippen molar-refractivity contribution in [3.63, 3.8) is 0 Å². The van der Waals surface area contributed by atoms with Gasteiger partial charge in [-0.3, -0.25) is 14.2 Å². The molecule has 2 heterocycles. The Morgan fingerprint density at radius 3 is 2.47 bits per heavy atom. The number of hydrogen-bond donors (Lipinski definition) is 1. The van der Waals surface area contributed by atoms with Crippen LogP contribution in [-0.4, -0.2) is 66.5 Å². The number of halogens is 1. The third-order valence-electron chi connectivity index (χ3n) is 4.23. The van der Waals surface area contributed by atoms with Gasteiger partial charge < -0.3 is 5.11 Å². The molecule has 2 aliphatic rings. The minimum Gasteiger partial charge on any atom is -0.395 e. The van der Waals surface area contributed by atoms with E-state index in [2.05, 4.69) is 9.80 Å². The van der Waals surface area contributed by atoms with E-state index in [4.69, 9.17) is 0 Å². The number of aliphatic hydroxyl groups is 1. The van der Waals surface area contributed by atoms with Crippen molar-refractivity contribution in [2.75, 3.05) is 39.5 Å². The highest BCUT2D eigenvalue weighted by Gasteiger charge is 2.30. The van der Waals surface area contributed by atoms with Gasteiger partial charge in [-0.15, -0.1) is 0 Å². The highest BCUT2D eigenvalue weighted by atomic mass is 19.1. The normalized spacial score (nSPS) is 31.4. The van der Waals surface area contributed by atoms with Crippen molar-refractivity contribution in [2.45, 2.75) is 44.2 Å². The summed E-state index contributed by atoms with van der Waals surface area (Å²) < 4.78 is 12.2. The maximum Gasteiger partial charge on any atom is 0.0906 e. The molecule has 2 fully saturated rings. The zero-order valence-corrected chi connectivity index (χ0v) is 10.7. The summed E-state index contributed by atoms with van der Waals surface area (Å²) in [5.74, 6) is 0. The van der Waals surface area contributed by atoms with Crippen molar-refractivity contribution in [1.82, 2.24) is 9.80 Å². The quantitative estimate of drug-likeness (QED) is 0.762. The number of alkyl halides is 1. The Kier molecular flexibility index (Phi) is 5.19. The molecule has 0 aromatic carbocycles. The third-order valence-corrected chi connectivity index (χ3v) is 4.23. The Hall–Kier alpha value is -0.190. The molecule has 0 saturated carbocycles. The largest absolute Gasteiger partial charge is 0.395 e. The lowest BCUT2D eigenvalue weighted by Gasteiger charge is -2.31. The van der Waals surface area contributed by atoms with Crippen LogP contribution >= 0.6 is 0 Å². The van der Waals surface area contributed by atoms with E-state index in [1.165, 1.54) is 19.3 Å². The van der Waals surface area contributed by atoms with E-state index < -0.39 is 0 Å². The maximum atomic E-state index is 12.2. The minimum atomic E-state index is -0.202. The summed E-state index contributed by atoms with van der Waals surface area (Å²) in [6, 6.07) is 0.965. The fourth-order valence-corrected chi connectivity index (χ4v) is 3.27. The first-order chi connectivity index (χ1) is 8.35. The maximum absolute atomic E-state index is 12.2. The molecule has 2 atom stereocenters.